The summed E-state index contributed by atoms with van der Waals surface area (Å²) in [6, 6.07) is 4.17. The molecule has 22 heavy (non-hydrogen) atoms. The van der Waals surface area contributed by atoms with Crippen LogP contribution in [0.15, 0.2) is 30.4 Å². The molecule has 0 aromatic heterocycles. The third-order valence-corrected chi connectivity index (χ3v) is 3.62. The third kappa shape index (κ3) is 5.85. The highest BCUT2D eigenvalue weighted by atomic mass is 35.5. The number of hydrogen-bond donors (Lipinski definition) is 1. The molecule has 0 saturated heterocycles. The molecular weight excluding hydrogens is 304 g/mol. The largest absolute Gasteiger partial charge is 0.322 e. The Morgan fingerprint density at radius 2 is 2.00 bits per heavy atom. The number of carbonyl (C=O) groups excluding carboxylic acids is 1. The highest BCUT2D eigenvalue weighted by Gasteiger charge is 2.14. The van der Waals surface area contributed by atoms with Gasteiger partial charge in [-0.25, -0.2) is 0 Å². The maximum atomic E-state index is 12.0. The zero-order valence-electron chi connectivity index (χ0n) is 12.7. The Morgan fingerprint density at radius 3 is 2.64 bits per heavy atom. The summed E-state index contributed by atoms with van der Waals surface area (Å²) in [5.74, 6) is -0.313. The number of hydrogen-bond acceptors (Lipinski definition) is 3. The van der Waals surface area contributed by atoms with Crippen molar-refractivity contribution in [3.8, 4) is 0 Å². The second-order valence-corrected chi connectivity index (χ2v) is 5.55. The number of rotatable bonds is 9. The van der Waals surface area contributed by atoms with Crippen LogP contribution in [0.1, 0.15) is 45.4 Å². The zero-order valence-corrected chi connectivity index (χ0v) is 13.5. The minimum Gasteiger partial charge on any atom is -0.322 e. The molecule has 0 spiro atoms. The van der Waals surface area contributed by atoms with Gasteiger partial charge in [-0.15, -0.1) is 0 Å². The van der Waals surface area contributed by atoms with Crippen molar-refractivity contribution in [3.63, 3.8) is 0 Å². The lowest BCUT2D eigenvalue weighted by atomic mass is 10.1. The Bertz CT molecular complexity index is 558. The fraction of sp³-hybridized carbons (Fsp3) is 0.438. The Balaban J connectivity index is 2.52. The first kappa shape index (κ1) is 18.2. The molecule has 0 aliphatic rings. The van der Waals surface area contributed by atoms with E-state index in [1.807, 2.05) is 0 Å². The van der Waals surface area contributed by atoms with Crippen molar-refractivity contribution in [2.75, 3.05) is 5.32 Å². The van der Waals surface area contributed by atoms with E-state index in [4.69, 9.17) is 11.6 Å². The number of nitro groups is 1. The average molecular weight is 325 g/mol. The van der Waals surface area contributed by atoms with Crippen LogP contribution in [0.2, 0.25) is 5.02 Å². The number of anilines is 1. The van der Waals surface area contributed by atoms with Crippen molar-refractivity contribution >= 4 is 28.9 Å². The van der Waals surface area contributed by atoms with Crippen molar-refractivity contribution in [3.05, 3.63) is 45.5 Å². The lowest BCUT2D eigenvalue weighted by Gasteiger charge is -2.08. The predicted molar refractivity (Wildman–Crippen MR) is 89.3 cm³/mol. The van der Waals surface area contributed by atoms with Crippen LogP contribution in [0.3, 0.4) is 0 Å². The summed E-state index contributed by atoms with van der Waals surface area (Å²) in [5, 5.41) is 13.5. The number of amides is 1. The van der Waals surface area contributed by atoms with Gasteiger partial charge in [0.15, 0.2) is 0 Å². The first-order valence-electron chi connectivity index (χ1n) is 7.38. The first-order chi connectivity index (χ1) is 10.5. The standard InChI is InChI=1S/C16H21ClN2O3/c1-3-4-5-6-7-8-12(2)16(20)18-13-9-10-14(17)15(11-13)19(21)22/h9-11H,2-8H2,1H3,(H,18,20). The van der Waals surface area contributed by atoms with Gasteiger partial charge in [0.05, 0.1) is 4.92 Å². The number of halogens is 1. The maximum absolute atomic E-state index is 12.0. The van der Waals surface area contributed by atoms with Crippen molar-refractivity contribution in [2.45, 2.75) is 45.4 Å². The molecule has 0 fully saturated rings. The van der Waals surface area contributed by atoms with Crippen LogP contribution in [-0.4, -0.2) is 10.8 Å². The minimum absolute atomic E-state index is 0.0396. The van der Waals surface area contributed by atoms with Crippen LogP contribution < -0.4 is 5.32 Å². The van der Waals surface area contributed by atoms with Gasteiger partial charge in [0.25, 0.3) is 11.6 Å². The van der Waals surface area contributed by atoms with Crippen LogP contribution in [0.4, 0.5) is 11.4 Å². The second kappa shape index (κ2) is 9.20. The summed E-state index contributed by atoms with van der Waals surface area (Å²) < 4.78 is 0. The third-order valence-electron chi connectivity index (χ3n) is 3.30. The van der Waals surface area contributed by atoms with Gasteiger partial charge in [-0.1, -0.05) is 50.8 Å². The molecule has 0 aliphatic carbocycles. The van der Waals surface area contributed by atoms with Crippen LogP contribution in [0.5, 0.6) is 0 Å². The van der Waals surface area contributed by atoms with Gasteiger partial charge >= 0.3 is 0 Å². The van der Waals surface area contributed by atoms with E-state index in [9.17, 15) is 14.9 Å². The zero-order chi connectivity index (χ0) is 16.5. The summed E-state index contributed by atoms with van der Waals surface area (Å²) in [6.07, 6.45) is 6.17. The Labute approximate surface area is 135 Å². The van der Waals surface area contributed by atoms with Crippen LogP contribution in [-0.2, 0) is 4.79 Å². The lowest BCUT2D eigenvalue weighted by molar-refractivity contribution is -0.384. The van der Waals surface area contributed by atoms with E-state index in [0.29, 0.717) is 17.7 Å². The number of carbonyl (C=O) groups is 1. The molecule has 1 N–H and O–H groups in total. The molecule has 0 radical (unpaired) electrons. The predicted octanol–water partition coefficient (Wildman–Crippen LogP) is 5.10. The van der Waals surface area contributed by atoms with Crippen molar-refractivity contribution < 1.29 is 9.72 Å². The molecule has 0 saturated carbocycles. The topological polar surface area (TPSA) is 72.2 Å². The fourth-order valence-corrected chi connectivity index (χ4v) is 2.19. The molecule has 0 atom stereocenters. The molecule has 0 aliphatic heterocycles. The van der Waals surface area contributed by atoms with E-state index < -0.39 is 4.92 Å². The van der Waals surface area contributed by atoms with E-state index in [0.717, 1.165) is 19.3 Å². The van der Waals surface area contributed by atoms with Gasteiger partial charge in [0.1, 0.15) is 5.02 Å². The average Bonchev–Trinajstić information content (AvgIpc) is 2.48. The number of nitrogens with zero attached hydrogens (tertiary/aromatic N) is 1. The molecule has 120 valence electrons. The minimum atomic E-state index is -0.583. The normalized spacial score (nSPS) is 10.3. The summed E-state index contributed by atoms with van der Waals surface area (Å²) in [6.45, 7) is 5.92. The Kier molecular flexibility index (Phi) is 7.60. The molecule has 0 heterocycles. The monoisotopic (exact) mass is 324 g/mol. The number of nitrogens with one attached hydrogen (secondary N) is 1. The summed E-state index contributed by atoms with van der Waals surface area (Å²) >= 11 is 5.73. The van der Waals surface area contributed by atoms with Crippen molar-refractivity contribution in [1.82, 2.24) is 0 Å². The fourth-order valence-electron chi connectivity index (χ4n) is 2.01. The first-order valence-corrected chi connectivity index (χ1v) is 7.76. The Morgan fingerprint density at radius 1 is 1.32 bits per heavy atom. The van der Waals surface area contributed by atoms with Gasteiger partial charge in [0, 0.05) is 17.3 Å². The maximum Gasteiger partial charge on any atom is 0.289 e. The second-order valence-electron chi connectivity index (χ2n) is 5.15. The molecule has 1 aromatic rings. The van der Waals surface area contributed by atoms with Gasteiger partial charge in [-0.2, -0.15) is 0 Å². The SMILES string of the molecule is C=C(CCCCCCC)C(=O)Nc1ccc(Cl)c([N+](=O)[O-])c1. The van der Waals surface area contributed by atoms with Crippen LogP contribution >= 0.6 is 11.6 Å². The van der Waals surface area contributed by atoms with Gasteiger partial charge in [-0.3, -0.25) is 14.9 Å². The highest BCUT2D eigenvalue weighted by molar-refractivity contribution is 6.32. The molecule has 0 unspecified atom stereocenters. The molecule has 1 aromatic carbocycles. The van der Waals surface area contributed by atoms with Gasteiger partial charge in [0.2, 0.25) is 0 Å². The number of benzene rings is 1. The number of unbranched alkanes of at least 4 members (excludes halogenated alkanes) is 4. The quantitative estimate of drug-likeness (QED) is 0.297. The van der Waals surface area contributed by atoms with Crippen LogP contribution in [0.25, 0.3) is 0 Å². The van der Waals surface area contributed by atoms with Gasteiger partial charge in [-0.05, 0) is 25.0 Å². The summed E-state index contributed by atoms with van der Waals surface area (Å²) in [4.78, 5) is 22.2. The van der Waals surface area contributed by atoms with Crippen molar-refractivity contribution in [2.24, 2.45) is 0 Å². The van der Waals surface area contributed by atoms with E-state index in [-0.39, 0.29) is 16.6 Å². The molecule has 6 heteroatoms. The smallest absolute Gasteiger partial charge is 0.289 e. The number of nitro benzene ring substituents is 1. The Hall–Kier alpha value is -1.88. The summed E-state index contributed by atoms with van der Waals surface area (Å²) in [5.41, 5.74) is 0.590. The molecule has 1 rings (SSSR count). The van der Waals surface area contributed by atoms with Crippen molar-refractivity contribution in [1.29, 1.82) is 0 Å². The van der Waals surface area contributed by atoms with Gasteiger partial charge < -0.3 is 5.32 Å². The summed E-state index contributed by atoms with van der Waals surface area (Å²) in [7, 11) is 0. The molecule has 0 bridgehead atoms. The molecular formula is C16H21ClN2O3. The van der Waals surface area contributed by atoms with Crippen LogP contribution in [0, 0.1) is 10.1 Å². The van der Waals surface area contributed by atoms with E-state index in [2.05, 4.69) is 18.8 Å². The lowest BCUT2D eigenvalue weighted by Crippen LogP contribution is -2.13. The molecule has 5 nitrogen and oxygen atoms in total. The highest BCUT2D eigenvalue weighted by Crippen LogP contribution is 2.27. The van der Waals surface area contributed by atoms with E-state index in [1.54, 1.807) is 0 Å². The van der Waals surface area contributed by atoms with E-state index in [1.165, 1.54) is 31.0 Å². The molecule has 1 amide bonds. The van der Waals surface area contributed by atoms with E-state index >= 15 is 0 Å².